The maximum atomic E-state index is 14.0. The van der Waals surface area contributed by atoms with Gasteiger partial charge >= 0.3 is 0 Å². The number of amides is 2. The standard InChI is InChI=1S/C20H16FN3O6/c1-12-16(8-9-29-12)20(26)23-18-10-13(2-7-17(18)21)22-19(25)11-30-15-5-3-14(4-6-15)24(27)28/h2-10H,11H2,1H3,(H,22,25)(H,23,26). The van der Waals surface area contributed by atoms with E-state index < -0.39 is 22.6 Å². The van der Waals surface area contributed by atoms with Crippen molar-refractivity contribution < 1.29 is 28.1 Å². The molecule has 2 amide bonds. The Bertz CT molecular complexity index is 1090. The number of non-ortho nitro benzene ring substituents is 1. The number of rotatable bonds is 7. The lowest BCUT2D eigenvalue weighted by molar-refractivity contribution is -0.384. The summed E-state index contributed by atoms with van der Waals surface area (Å²) in [5, 5.41) is 15.6. The van der Waals surface area contributed by atoms with Gasteiger partial charge in [0, 0.05) is 17.8 Å². The Balaban J connectivity index is 1.60. The first kappa shape index (κ1) is 20.5. The second kappa shape index (κ2) is 8.86. The average Bonchev–Trinajstić information content (AvgIpc) is 3.15. The summed E-state index contributed by atoms with van der Waals surface area (Å²) in [6, 6.07) is 10.4. The van der Waals surface area contributed by atoms with Gasteiger partial charge < -0.3 is 19.8 Å². The van der Waals surface area contributed by atoms with Crippen LogP contribution in [0.4, 0.5) is 21.5 Å². The van der Waals surface area contributed by atoms with Gasteiger partial charge in [-0.25, -0.2) is 4.39 Å². The highest BCUT2D eigenvalue weighted by Gasteiger charge is 2.15. The van der Waals surface area contributed by atoms with Gasteiger partial charge in [0.1, 0.15) is 17.3 Å². The molecular weight excluding hydrogens is 397 g/mol. The van der Waals surface area contributed by atoms with Crippen molar-refractivity contribution in [3.05, 3.63) is 82.0 Å². The van der Waals surface area contributed by atoms with Crippen molar-refractivity contribution in [2.75, 3.05) is 17.2 Å². The molecule has 2 N–H and O–H groups in total. The van der Waals surface area contributed by atoms with E-state index in [9.17, 15) is 24.1 Å². The SMILES string of the molecule is Cc1occc1C(=O)Nc1cc(NC(=O)COc2ccc([N+](=O)[O-])cc2)ccc1F. The third-order valence-corrected chi connectivity index (χ3v) is 4.02. The van der Waals surface area contributed by atoms with Crippen molar-refractivity contribution in [1.82, 2.24) is 0 Å². The Labute approximate surface area is 169 Å². The van der Waals surface area contributed by atoms with Crippen molar-refractivity contribution in [2.45, 2.75) is 6.92 Å². The molecule has 0 bridgehead atoms. The first-order valence-electron chi connectivity index (χ1n) is 8.65. The van der Waals surface area contributed by atoms with Crippen LogP contribution in [0.25, 0.3) is 0 Å². The fourth-order valence-corrected chi connectivity index (χ4v) is 2.52. The number of halogens is 1. The minimum atomic E-state index is -0.676. The van der Waals surface area contributed by atoms with Crippen molar-refractivity contribution in [3.8, 4) is 5.75 Å². The number of nitro benzene ring substituents is 1. The van der Waals surface area contributed by atoms with Gasteiger partial charge in [0.25, 0.3) is 17.5 Å². The van der Waals surface area contributed by atoms with E-state index in [2.05, 4.69) is 10.6 Å². The Morgan fingerprint density at radius 1 is 1.13 bits per heavy atom. The van der Waals surface area contributed by atoms with Gasteiger partial charge in [-0.05, 0) is 43.3 Å². The van der Waals surface area contributed by atoms with Crippen LogP contribution in [0.5, 0.6) is 5.75 Å². The van der Waals surface area contributed by atoms with Gasteiger partial charge in [-0.2, -0.15) is 0 Å². The Hall–Kier alpha value is -4.21. The highest BCUT2D eigenvalue weighted by Crippen LogP contribution is 2.22. The van der Waals surface area contributed by atoms with Crippen LogP contribution in [0.1, 0.15) is 16.1 Å². The van der Waals surface area contributed by atoms with Gasteiger partial charge in [0.15, 0.2) is 6.61 Å². The fourth-order valence-electron chi connectivity index (χ4n) is 2.52. The first-order valence-corrected chi connectivity index (χ1v) is 8.65. The molecule has 1 aromatic heterocycles. The molecule has 0 radical (unpaired) electrons. The molecule has 0 spiro atoms. The van der Waals surface area contributed by atoms with E-state index in [1.54, 1.807) is 6.92 Å². The normalized spacial score (nSPS) is 10.3. The first-order chi connectivity index (χ1) is 14.3. The third kappa shape index (κ3) is 4.98. The summed E-state index contributed by atoms with van der Waals surface area (Å²) in [6.07, 6.45) is 1.35. The van der Waals surface area contributed by atoms with Gasteiger partial charge in [-0.3, -0.25) is 19.7 Å². The summed E-state index contributed by atoms with van der Waals surface area (Å²) < 4.78 is 24.4. The Morgan fingerprint density at radius 3 is 2.50 bits per heavy atom. The molecule has 0 atom stereocenters. The lowest BCUT2D eigenvalue weighted by Crippen LogP contribution is -2.20. The Kier molecular flexibility index (Phi) is 6.06. The van der Waals surface area contributed by atoms with Gasteiger partial charge in [-0.15, -0.1) is 0 Å². The quantitative estimate of drug-likeness (QED) is 0.447. The zero-order valence-corrected chi connectivity index (χ0v) is 15.7. The highest BCUT2D eigenvalue weighted by molar-refractivity contribution is 6.05. The molecule has 0 saturated carbocycles. The molecular formula is C20H16FN3O6. The van der Waals surface area contributed by atoms with Crippen LogP contribution >= 0.6 is 0 Å². The van der Waals surface area contributed by atoms with E-state index in [0.717, 1.165) is 6.07 Å². The van der Waals surface area contributed by atoms with Gasteiger partial charge in [-0.1, -0.05) is 0 Å². The van der Waals surface area contributed by atoms with Crippen LogP contribution in [0.15, 0.2) is 59.2 Å². The predicted molar refractivity (Wildman–Crippen MR) is 105 cm³/mol. The number of carbonyl (C=O) groups is 2. The fraction of sp³-hybridized carbons (Fsp3) is 0.100. The van der Waals surface area contributed by atoms with Crippen LogP contribution < -0.4 is 15.4 Å². The number of aryl methyl sites for hydroxylation is 1. The largest absolute Gasteiger partial charge is 0.484 e. The molecule has 0 unspecified atom stereocenters. The van der Waals surface area contributed by atoms with Crippen molar-refractivity contribution in [2.24, 2.45) is 0 Å². The van der Waals surface area contributed by atoms with E-state index >= 15 is 0 Å². The number of furan rings is 1. The second-order valence-electron chi connectivity index (χ2n) is 6.13. The second-order valence-corrected chi connectivity index (χ2v) is 6.13. The van der Waals surface area contributed by atoms with Crippen LogP contribution in [-0.4, -0.2) is 23.3 Å². The molecule has 10 heteroatoms. The summed E-state index contributed by atoms with van der Waals surface area (Å²) in [7, 11) is 0. The molecule has 30 heavy (non-hydrogen) atoms. The van der Waals surface area contributed by atoms with Crippen LogP contribution in [0.2, 0.25) is 0 Å². The van der Waals surface area contributed by atoms with E-state index in [0.29, 0.717) is 5.76 Å². The lowest BCUT2D eigenvalue weighted by atomic mass is 10.2. The zero-order chi connectivity index (χ0) is 21.7. The number of ether oxygens (including phenoxy) is 1. The summed E-state index contributed by atoms with van der Waals surface area (Å²) in [6.45, 7) is 1.23. The van der Waals surface area contributed by atoms with E-state index in [1.165, 1.54) is 48.7 Å². The molecule has 2 aromatic carbocycles. The molecule has 154 valence electrons. The lowest BCUT2D eigenvalue weighted by Gasteiger charge is -2.10. The minimum Gasteiger partial charge on any atom is -0.484 e. The summed E-state index contributed by atoms with van der Waals surface area (Å²) in [4.78, 5) is 34.4. The monoisotopic (exact) mass is 413 g/mol. The molecule has 0 aliphatic rings. The van der Waals surface area contributed by atoms with Crippen LogP contribution in [0.3, 0.4) is 0 Å². The van der Waals surface area contributed by atoms with Crippen LogP contribution in [0, 0.1) is 22.9 Å². The van der Waals surface area contributed by atoms with Crippen LogP contribution in [-0.2, 0) is 4.79 Å². The predicted octanol–water partition coefficient (Wildman–Crippen LogP) is 3.91. The topological polar surface area (TPSA) is 124 Å². The maximum absolute atomic E-state index is 14.0. The summed E-state index contributed by atoms with van der Waals surface area (Å²) in [5.74, 6) is -1.10. The van der Waals surface area contributed by atoms with Crippen molar-refractivity contribution >= 4 is 28.9 Å². The number of nitrogens with zero attached hydrogens (tertiary/aromatic N) is 1. The number of anilines is 2. The van der Waals surface area contributed by atoms with E-state index in [1.807, 2.05) is 0 Å². The number of nitrogens with one attached hydrogen (secondary N) is 2. The number of nitro groups is 1. The molecule has 9 nitrogen and oxygen atoms in total. The van der Waals surface area contributed by atoms with Crippen molar-refractivity contribution in [1.29, 1.82) is 0 Å². The minimum absolute atomic E-state index is 0.0988. The number of hydrogen-bond acceptors (Lipinski definition) is 6. The molecule has 3 aromatic rings. The number of hydrogen-bond donors (Lipinski definition) is 2. The van der Waals surface area contributed by atoms with Crippen molar-refractivity contribution in [3.63, 3.8) is 0 Å². The molecule has 0 fully saturated rings. The smallest absolute Gasteiger partial charge is 0.269 e. The molecule has 3 rings (SSSR count). The van der Waals surface area contributed by atoms with E-state index in [4.69, 9.17) is 9.15 Å². The number of carbonyl (C=O) groups excluding carboxylic acids is 2. The summed E-state index contributed by atoms with van der Waals surface area (Å²) in [5.41, 5.74) is 0.293. The summed E-state index contributed by atoms with van der Waals surface area (Å²) >= 11 is 0. The van der Waals surface area contributed by atoms with Gasteiger partial charge in [0.05, 0.1) is 22.4 Å². The maximum Gasteiger partial charge on any atom is 0.269 e. The average molecular weight is 413 g/mol. The third-order valence-electron chi connectivity index (χ3n) is 4.02. The Morgan fingerprint density at radius 2 is 1.87 bits per heavy atom. The molecule has 0 aliphatic heterocycles. The van der Waals surface area contributed by atoms with E-state index in [-0.39, 0.29) is 35.0 Å². The zero-order valence-electron chi connectivity index (χ0n) is 15.7. The van der Waals surface area contributed by atoms with Gasteiger partial charge in [0.2, 0.25) is 0 Å². The highest BCUT2D eigenvalue weighted by atomic mass is 19.1. The molecule has 1 heterocycles. The molecule has 0 aliphatic carbocycles. The molecule has 0 saturated heterocycles. The number of benzene rings is 2.